The lowest BCUT2D eigenvalue weighted by Gasteiger charge is -2.19. The van der Waals surface area contributed by atoms with Gasteiger partial charge < -0.3 is 15.0 Å². The van der Waals surface area contributed by atoms with Gasteiger partial charge in [-0.15, -0.1) is 0 Å². The lowest BCUT2D eigenvalue weighted by Crippen LogP contribution is -2.28. The largest absolute Gasteiger partial charge is 0.483 e. The molecule has 0 heterocycles. The summed E-state index contributed by atoms with van der Waals surface area (Å²) in [5.41, 5.74) is 0.970. The molecule has 0 saturated carbocycles. The maximum absolute atomic E-state index is 11.6. The number of rotatable bonds is 7. The molecule has 0 fully saturated rings. The summed E-state index contributed by atoms with van der Waals surface area (Å²) in [5.74, 6) is 0.626. The molecule has 0 spiro atoms. The number of nitrogens with one attached hydrogen (secondary N) is 1. The van der Waals surface area contributed by atoms with E-state index in [0.717, 1.165) is 18.5 Å². The van der Waals surface area contributed by atoms with Gasteiger partial charge in [0, 0.05) is 30.7 Å². The Hall–Kier alpha value is -1.26. The number of carbonyl (C=O) groups excluding carboxylic acids is 1. The Morgan fingerprint density at radius 1 is 1.45 bits per heavy atom. The molecule has 0 radical (unpaired) electrons. The third-order valence-electron chi connectivity index (χ3n) is 2.99. The van der Waals surface area contributed by atoms with Gasteiger partial charge in [0.1, 0.15) is 5.75 Å². The number of ether oxygens (including phenoxy) is 1. The maximum atomic E-state index is 11.6. The predicted molar refractivity (Wildman–Crippen MR) is 82.3 cm³/mol. The zero-order valence-electron chi connectivity index (χ0n) is 12.6. The second-order valence-electron chi connectivity index (χ2n) is 4.93. The Balaban J connectivity index is 2.81. The molecule has 1 aromatic rings. The van der Waals surface area contributed by atoms with E-state index in [1.54, 1.807) is 20.2 Å². The minimum atomic E-state index is -0.0694. The van der Waals surface area contributed by atoms with E-state index in [0.29, 0.717) is 10.8 Å². The van der Waals surface area contributed by atoms with Crippen LogP contribution in [0, 0.1) is 0 Å². The van der Waals surface area contributed by atoms with Crippen molar-refractivity contribution in [3.8, 4) is 5.75 Å². The molecule has 1 rings (SSSR count). The molecule has 1 N–H and O–H groups in total. The van der Waals surface area contributed by atoms with Crippen LogP contribution in [0.5, 0.6) is 5.75 Å². The van der Waals surface area contributed by atoms with Crippen LogP contribution in [0.25, 0.3) is 0 Å². The molecule has 0 aromatic heterocycles. The molecule has 0 bridgehead atoms. The molecule has 5 heteroatoms. The van der Waals surface area contributed by atoms with E-state index in [1.165, 1.54) is 4.90 Å². The van der Waals surface area contributed by atoms with E-state index in [1.807, 2.05) is 12.1 Å². The number of hydrogen-bond acceptors (Lipinski definition) is 3. The molecule has 0 aliphatic rings. The fraction of sp³-hybridized carbons (Fsp3) is 0.533. The molecular formula is C15H23ClN2O2. The third-order valence-corrected chi connectivity index (χ3v) is 3.22. The van der Waals surface area contributed by atoms with Crippen molar-refractivity contribution in [2.24, 2.45) is 0 Å². The molecule has 1 unspecified atom stereocenters. The molecule has 112 valence electrons. The summed E-state index contributed by atoms with van der Waals surface area (Å²) in [6.45, 7) is 5.12. The van der Waals surface area contributed by atoms with E-state index >= 15 is 0 Å². The molecule has 1 amide bonds. The Labute approximate surface area is 126 Å². The molecule has 1 aromatic carbocycles. The highest BCUT2D eigenvalue weighted by molar-refractivity contribution is 6.30. The smallest absolute Gasteiger partial charge is 0.259 e. The van der Waals surface area contributed by atoms with Crippen LogP contribution in [0.4, 0.5) is 0 Å². The van der Waals surface area contributed by atoms with Gasteiger partial charge in [0.25, 0.3) is 5.91 Å². The summed E-state index contributed by atoms with van der Waals surface area (Å²) < 4.78 is 5.63. The summed E-state index contributed by atoms with van der Waals surface area (Å²) >= 11 is 6.05. The van der Waals surface area contributed by atoms with Crippen molar-refractivity contribution in [1.82, 2.24) is 10.2 Å². The topological polar surface area (TPSA) is 41.6 Å². The van der Waals surface area contributed by atoms with Crippen molar-refractivity contribution in [2.75, 3.05) is 27.2 Å². The van der Waals surface area contributed by atoms with Crippen molar-refractivity contribution >= 4 is 17.5 Å². The van der Waals surface area contributed by atoms with Gasteiger partial charge in [-0.05, 0) is 38.1 Å². The van der Waals surface area contributed by atoms with Crippen molar-refractivity contribution in [2.45, 2.75) is 26.3 Å². The van der Waals surface area contributed by atoms with E-state index < -0.39 is 0 Å². The van der Waals surface area contributed by atoms with Gasteiger partial charge in [-0.1, -0.05) is 18.5 Å². The van der Waals surface area contributed by atoms with Gasteiger partial charge in [-0.2, -0.15) is 0 Å². The van der Waals surface area contributed by atoms with Crippen LogP contribution in [-0.2, 0) is 4.79 Å². The summed E-state index contributed by atoms with van der Waals surface area (Å²) in [7, 11) is 3.42. The Bertz CT molecular complexity index is 449. The first kappa shape index (κ1) is 16.8. The average molecular weight is 299 g/mol. The van der Waals surface area contributed by atoms with Crippen molar-refractivity contribution < 1.29 is 9.53 Å². The number of likely N-dealkylation sites (N-methyl/N-ethyl adjacent to an activating group) is 1. The van der Waals surface area contributed by atoms with Crippen LogP contribution in [0.2, 0.25) is 5.02 Å². The lowest BCUT2D eigenvalue weighted by atomic mass is 10.1. The maximum Gasteiger partial charge on any atom is 0.259 e. The van der Waals surface area contributed by atoms with Crippen LogP contribution in [0.15, 0.2) is 18.2 Å². The average Bonchev–Trinajstić information content (AvgIpc) is 2.42. The van der Waals surface area contributed by atoms with E-state index in [9.17, 15) is 4.79 Å². The molecule has 0 aliphatic heterocycles. The third kappa shape index (κ3) is 5.02. The van der Waals surface area contributed by atoms with E-state index in [-0.39, 0.29) is 18.6 Å². The number of halogens is 1. The second kappa shape index (κ2) is 8.12. The molecule has 1 atom stereocenters. The zero-order valence-corrected chi connectivity index (χ0v) is 13.3. The zero-order chi connectivity index (χ0) is 15.1. The highest BCUT2D eigenvalue weighted by Crippen LogP contribution is 2.28. The van der Waals surface area contributed by atoms with Crippen LogP contribution < -0.4 is 10.1 Å². The van der Waals surface area contributed by atoms with Gasteiger partial charge in [0.05, 0.1) is 0 Å². The Morgan fingerprint density at radius 2 is 2.15 bits per heavy atom. The molecule has 4 nitrogen and oxygen atoms in total. The van der Waals surface area contributed by atoms with Gasteiger partial charge in [0.2, 0.25) is 0 Å². The first-order chi connectivity index (χ1) is 9.45. The highest BCUT2D eigenvalue weighted by atomic mass is 35.5. The number of carbonyl (C=O) groups is 1. The minimum Gasteiger partial charge on any atom is -0.483 e. The minimum absolute atomic E-state index is 0.0299. The van der Waals surface area contributed by atoms with Gasteiger partial charge >= 0.3 is 0 Å². The van der Waals surface area contributed by atoms with Crippen molar-refractivity contribution in [3.05, 3.63) is 28.8 Å². The highest BCUT2D eigenvalue weighted by Gasteiger charge is 2.13. The van der Waals surface area contributed by atoms with E-state index in [2.05, 4.69) is 19.2 Å². The standard InChI is InChI=1S/C15H23ClN2O2/c1-5-8-17-11(2)13-9-12(16)6-7-14(13)20-10-15(19)18(3)4/h6-7,9,11,17H,5,8,10H2,1-4H3. The molecular weight excluding hydrogens is 276 g/mol. The van der Waals surface area contributed by atoms with Crippen LogP contribution in [0.1, 0.15) is 31.9 Å². The number of benzene rings is 1. The Kier molecular flexibility index (Phi) is 6.82. The molecule has 20 heavy (non-hydrogen) atoms. The predicted octanol–water partition coefficient (Wildman–Crippen LogP) is 2.87. The summed E-state index contributed by atoms with van der Waals surface area (Å²) in [4.78, 5) is 13.1. The van der Waals surface area contributed by atoms with Gasteiger partial charge in [0.15, 0.2) is 6.61 Å². The first-order valence-electron chi connectivity index (χ1n) is 6.81. The fourth-order valence-electron chi connectivity index (χ4n) is 1.73. The quantitative estimate of drug-likeness (QED) is 0.841. The van der Waals surface area contributed by atoms with Crippen LogP contribution in [-0.4, -0.2) is 38.1 Å². The number of nitrogens with zero attached hydrogens (tertiary/aromatic N) is 1. The summed E-state index contributed by atoms with van der Waals surface area (Å²) in [5, 5.41) is 4.06. The van der Waals surface area contributed by atoms with Gasteiger partial charge in [-0.3, -0.25) is 4.79 Å². The monoisotopic (exact) mass is 298 g/mol. The molecule has 0 saturated heterocycles. The normalized spacial score (nSPS) is 12.1. The SMILES string of the molecule is CCCNC(C)c1cc(Cl)ccc1OCC(=O)N(C)C. The Morgan fingerprint density at radius 3 is 2.75 bits per heavy atom. The van der Waals surface area contributed by atoms with Crippen molar-refractivity contribution in [3.63, 3.8) is 0 Å². The fourth-order valence-corrected chi connectivity index (χ4v) is 1.91. The van der Waals surface area contributed by atoms with Crippen LogP contribution in [0.3, 0.4) is 0 Å². The first-order valence-corrected chi connectivity index (χ1v) is 7.19. The summed E-state index contributed by atoms with van der Waals surface area (Å²) in [6.07, 6.45) is 1.06. The van der Waals surface area contributed by atoms with Gasteiger partial charge in [-0.25, -0.2) is 0 Å². The van der Waals surface area contributed by atoms with E-state index in [4.69, 9.17) is 16.3 Å². The summed E-state index contributed by atoms with van der Waals surface area (Å²) in [6, 6.07) is 5.58. The van der Waals surface area contributed by atoms with Crippen LogP contribution >= 0.6 is 11.6 Å². The second-order valence-corrected chi connectivity index (χ2v) is 5.37. The van der Waals surface area contributed by atoms with Crippen molar-refractivity contribution in [1.29, 1.82) is 0 Å². The number of amides is 1. The molecule has 0 aliphatic carbocycles. The lowest BCUT2D eigenvalue weighted by molar-refractivity contribution is -0.130. The number of hydrogen-bond donors (Lipinski definition) is 1.